The molecule has 7 nitrogen and oxygen atoms in total. The number of hydrogen-bond acceptors (Lipinski definition) is 7. The maximum Gasteiger partial charge on any atom is 0.338 e. The SMILES string of the molecule is CCOC(=O)C1=C(C)N=c2s/c(=C/c3ccc(-c4ccc(Cl)cc4)o3)c(=O)n2[C@@H]1c1ccc(OC)cc1. The highest BCUT2D eigenvalue weighted by atomic mass is 35.5. The van der Waals surface area contributed by atoms with Crippen LogP contribution >= 0.6 is 22.9 Å². The van der Waals surface area contributed by atoms with E-state index >= 15 is 0 Å². The van der Waals surface area contributed by atoms with E-state index < -0.39 is 12.0 Å². The van der Waals surface area contributed by atoms with Gasteiger partial charge in [-0.25, -0.2) is 9.79 Å². The summed E-state index contributed by atoms with van der Waals surface area (Å²) in [7, 11) is 1.58. The van der Waals surface area contributed by atoms with Crippen LogP contribution in [0.25, 0.3) is 17.4 Å². The van der Waals surface area contributed by atoms with Crippen LogP contribution in [0.2, 0.25) is 5.02 Å². The van der Waals surface area contributed by atoms with Gasteiger partial charge in [0, 0.05) is 16.7 Å². The van der Waals surface area contributed by atoms with E-state index in [9.17, 15) is 9.59 Å². The van der Waals surface area contributed by atoms with Gasteiger partial charge in [0.2, 0.25) is 0 Å². The maximum absolute atomic E-state index is 13.7. The number of ether oxygens (including phenoxy) is 2. The Labute approximate surface area is 221 Å². The first-order valence-corrected chi connectivity index (χ1v) is 12.8. The van der Waals surface area contributed by atoms with E-state index in [1.165, 1.54) is 11.3 Å². The number of hydrogen-bond donors (Lipinski definition) is 0. The van der Waals surface area contributed by atoms with Gasteiger partial charge in [-0.2, -0.15) is 0 Å². The number of rotatable bonds is 6. The van der Waals surface area contributed by atoms with Gasteiger partial charge in [0.05, 0.1) is 35.6 Å². The molecule has 1 aliphatic heterocycles. The Hall–Kier alpha value is -3.88. The van der Waals surface area contributed by atoms with Crippen LogP contribution in [-0.2, 0) is 9.53 Å². The first-order chi connectivity index (χ1) is 17.9. The normalized spacial score (nSPS) is 15.4. The summed E-state index contributed by atoms with van der Waals surface area (Å²) in [5.41, 5.74) is 2.18. The highest BCUT2D eigenvalue weighted by molar-refractivity contribution is 7.07. The van der Waals surface area contributed by atoms with Gasteiger partial charge >= 0.3 is 5.97 Å². The fourth-order valence-electron chi connectivity index (χ4n) is 4.22. The zero-order valence-electron chi connectivity index (χ0n) is 20.4. The van der Waals surface area contributed by atoms with Crippen LogP contribution in [0, 0.1) is 0 Å². The van der Waals surface area contributed by atoms with Crippen molar-refractivity contribution in [3.8, 4) is 17.1 Å². The van der Waals surface area contributed by atoms with Crippen LogP contribution in [0.4, 0.5) is 0 Å². The Bertz CT molecular complexity index is 1680. The predicted octanol–water partition coefficient (Wildman–Crippen LogP) is 4.72. The average Bonchev–Trinajstić information content (AvgIpc) is 3.48. The molecule has 0 N–H and O–H groups in total. The molecule has 0 amide bonds. The Balaban J connectivity index is 1.62. The van der Waals surface area contributed by atoms with Gasteiger partial charge in [0.25, 0.3) is 5.56 Å². The number of carbonyl (C=O) groups is 1. The van der Waals surface area contributed by atoms with E-state index in [-0.39, 0.29) is 12.2 Å². The number of thiazole rings is 1. The molecule has 2 aromatic carbocycles. The van der Waals surface area contributed by atoms with Crippen molar-refractivity contribution in [3.05, 3.63) is 108 Å². The summed E-state index contributed by atoms with van der Waals surface area (Å²) >= 11 is 7.23. The lowest BCUT2D eigenvalue weighted by atomic mass is 9.96. The number of furan rings is 1. The summed E-state index contributed by atoms with van der Waals surface area (Å²) in [6, 6.07) is 17.5. The number of halogens is 1. The number of esters is 1. The molecule has 0 aliphatic carbocycles. The largest absolute Gasteiger partial charge is 0.497 e. The molecule has 188 valence electrons. The quantitative estimate of drug-likeness (QED) is 0.334. The van der Waals surface area contributed by atoms with Crippen molar-refractivity contribution in [3.63, 3.8) is 0 Å². The van der Waals surface area contributed by atoms with Crippen LogP contribution in [0.3, 0.4) is 0 Å². The number of carbonyl (C=O) groups excluding carboxylic acids is 1. The van der Waals surface area contributed by atoms with Gasteiger partial charge in [0.1, 0.15) is 17.3 Å². The predicted molar refractivity (Wildman–Crippen MR) is 143 cm³/mol. The highest BCUT2D eigenvalue weighted by Gasteiger charge is 2.33. The monoisotopic (exact) mass is 534 g/mol. The first-order valence-electron chi connectivity index (χ1n) is 11.6. The van der Waals surface area contributed by atoms with Crippen LogP contribution in [0.1, 0.15) is 31.2 Å². The fourth-order valence-corrected chi connectivity index (χ4v) is 5.37. The van der Waals surface area contributed by atoms with Gasteiger partial charge in [0.15, 0.2) is 4.80 Å². The van der Waals surface area contributed by atoms with E-state index in [1.54, 1.807) is 61.9 Å². The smallest absolute Gasteiger partial charge is 0.338 e. The molecular weight excluding hydrogens is 512 g/mol. The second-order valence-corrected chi connectivity index (χ2v) is 9.73. The van der Waals surface area contributed by atoms with Gasteiger partial charge in [-0.1, -0.05) is 35.1 Å². The van der Waals surface area contributed by atoms with Crippen molar-refractivity contribution in [2.24, 2.45) is 4.99 Å². The molecule has 0 bridgehead atoms. The third kappa shape index (κ3) is 4.77. The molecule has 37 heavy (non-hydrogen) atoms. The van der Waals surface area contributed by atoms with Gasteiger partial charge in [-0.3, -0.25) is 9.36 Å². The van der Waals surface area contributed by atoms with E-state index in [0.717, 1.165) is 11.1 Å². The highest BCUT2D eigenvalue weighted by Crippen LogP contribution is 2.31. The molecule has 1 atom stereocenters. The molecule has 3 heterocycles. The summed E-state index contributed by atoms with van der Waals surface area (Å²) in [6.07, 6.45) is 1.69. The molecule has 0 unspecified atom stereocenters. The lowest BCUT2D eigenvalue weighted by molar-refractivity contribution is -0.139. The molecule has 5 rings (SSSR count). The summed E-state index contributed by atoms with van der Waals surface area (Å²) in [4.78, 5) is 31.8. The van der Waals surface area contributed by atoms with Crippen molar-refractivity contribution in [2.75, 3.05) is 13.7 Å². The Morgan fingerprint density at radius 2 is 1.86 bits per heavy atom. The Morgan fingerprint density at radius 3 is 2.54 bits per heavy atom. The van der Waals surface area contributed by atoms with Crippen LogP contribution in [0.5, 0.6) is 5.75 Å². The van der Waals surface area contributed by atoms with Crippen molar-refractivity contribution in [1.29, 1.82) is 0 Å². The summed E-state index contributed by atoms with van der Waals surface area (Å²) < 4.78 is 18.6. The lowest BCUT2D eigenvalue weighted by Crippen LogP contribution is -2.39. The van der Waals surface area contributed by atoms with Gasteiger partial charge in [-0.15, -0.1) is 0 Å². The minimum absolute atomic E-state index is 0.212. The Morgan fingerprint density at radius 1 is 1.14 bits per heavy atom. The van der Waals surface area contributed by atoms with Crippen LogP contribution in [0.15, 0.2) is 86.1 Å². The van der Waals surface area contributed by atoms with Gasteiger partial charge in [-0.05, 0) is 67.9 Å². The minimum atomic E-state index is -0.690. The number of allylic oxidation sites excluding steroid dienone is 1. The average molecular weight is 535 g/mol. The van der Waals surface area contributed by atoms with Crippen LogP contribution in [-0.4, -0.2) is 24.3 Å². The molecular formula is C28H23ClN2O5S. The zero-order valence-corrected chi connectivity index (χ0v) is 21.9. The molecule has 0 spiro atoms. The molecule has 0 saturated carbocycles. The summed E-state index contributed by atoms with van der Waals surface area (Å²) in [5.74, 6) is 1.35. The van der Waals surface area contributed by atoms with E-state index in [0.29, 0.717) is 42.9 Å². The second kappa shape index (κ2) is 10.2. The lowest BCUT2D eigenvalue weighted by Gasteiger charge is -2.24. The summed E-state index contributed by atoms with van der Waals surface area (Å²) in [6.45, 7) is 3.71. The van der Waals surface area contributed by atoms with Crippen molar-refractivity contribution in [1.82, 2.24) is 4.57 Å². The molecule has 9 heteroatoms. The number of benzene rings is 2. The number of aromatic nitrogens is 1. The number of fused-ring (bicyclic) bond motifs is 1. The summed E-state index contributed by atoms with van der Waals surface area (Å²) in [5, 5.41) is 0.639. The first kappa shape index (κ1) is 24.8. The molecule has 0 fully saturated rings. The molecule has 1 aliphatic rings. The van der Waals surface area contributed by atoms with E-state index in [1.807, 2.05) is 30.3 Å². The van der Waals surface area contributed by atoms with Crippen molar-refractivity contribution >= 4 is 35.0 Å². The maximum atomic E-state index is 13.7. The Kier molecular flexibility index (Phi) is 6.86. The van der Waals surface area contributed by atoms with E-state index in [4.69, 9.17) is 25.5 Å². The van der Waals surface area contributed by atoms with Crippen molar-refractivity contribution < 1.29 is 18.7 Å². The minimum Gasteiger partial charge on any atom is -0.497 e. The second-order valence-electron chi connectivity index (χ2n) is 8.28. The topological polar surface area (TPSA) is 83.0 Å². The zero-order chi connectivity index (χ0) is 26.1. The standard InChI is InChI=1S/C28H23ClN2O5S/c1-4-35-27(33)24-16(2)30-28-31(25(24)18-7-11-20(34-3)12-8-18)26(32)23(37-28)15-21-13-14-22(36-21)17-5-9-19(29)10-6-17/h5-15,25H,4H2,1-3H3/b23-15+/t25-/m1/s1. The van der Waals surface area contributed by atoms with Crippen LogP contribution < -0.4 is 19.6 Å². The third-order valence-corrected chi connectivity index (χ3v) is 7.21. The fraction of sp³-hybridized carbons (Fsp3) is 0.179. The third-order valence-electron chi connectivity index (χ3n) is 5.98. The van der Waals surface area contributed by atoms with Gasteiger partial charge < -0.3 is 13.9 Å². The van der Waals surface area contributed by atoms with Crippen molar-refractivity contribution in [2.45, 2.75) is 19.9 Å². The number of nitrogens with zero attached hydrogens (tertiary/aromatic N) is 2. The molecule has 0 saturated heterocycles. The molecule has 4 aromatic rings. The molecule has 0 radical (unpaired) electrons. The van der Waals surface area contributed by atoms with E-state index in [2.05, 4.69) is 4.99 Å². The number of methoxy groups -OCH3 is 1. The molecule has 2 aromatic heterocycles.